The summed E-state index contributed by atoms with van der Waals surface area (Å²) in [5, 5.41) is 9.53. The molecule has 16 heavy (non-hydrogen) atoms. The summed E-state index contributed by atoms with van der Waals surface area (Å²) in [6.07, 6.45) is 0.348. The molecule has 1 heterocycles. The molecule has 0 atom stereocenters. The third-order valence-electron chi connectivity index (χ3n) is 2.72. The summed E-state index contributed by atoms with van der Waals surface area (Å²) in [5.74, 6) is 0.0390. The van der Waals surface area contributed by atoms with E-state index in [4.69, 9.17) is 5.73 Å². The number of amides is 1. The highest BCUT2D eigenvalue weighted by Crippen LogP contribution is 2.20. The number of nitrogens with zero attached hydrogens (tertiary/aromatic N) is 1. The number of nitrogens with two attached hydrogens (primary N) is 1. The minimum absolute atomic E-state index is 0.0390. The molecule has 86 valence electrons. The van der Waals surface area contributed by atoms with Crippen molar-refractivity contribution in [2.24, 2.45) is 0 Å². The molecule has 1 amide bonds. The Kier molecular flexibility index (Phi) is 2.59. The SMILES string of the molecule is CC1(O)CN(C(=O)Cc2cccc(N)c2)C1. The van der Waals surface area contributed by atoms with Crippen LogP contribution >= 0.6 is 0 Å². The number of β-amino-alcohol motifs (C(OH)–C–C–N with tert-alkyl or cyclic N) is 1. The standard InChI is InChI=1S/C12H16N2O2/c1-12(16)7-14(8-12)11(15)6-9-3-2-4-10(13)5-9/h2-5,16H,6-8,13H2,1H3. The molecule has 1 aliphatic heterocycles. The lowest BCUT2D eigenvalue weighted by Gasteiger charge is -2.44. The molecule has 1 saturated heterocycles. The van der Waals surface area contributed by atoms with E-state index in [9.17, 15) is 9.90 Å². The number of anilines is 1. The van der Waals surface area contributed by atoms with Crippen molar-refractivity contribution in [1.29, 1.82) is 0 Å². The van der Waals surface area contributed by atoms with E-state index in [0.29, 0.717) is 25.2 Å². The average molecular weight is 220 g/mol. The summed E-state index contributed by atoms with van der Waals surface area (Å²) in [5.41, 5.74) is 6.51. The molecule has 1 fully saturated rings. The predicted octanol–water partition coefficient (Wildman–Crippen LogP) is 0.404. The van der Waals surface area contributed by atoms with Crippen molar-refractivity contribution in [3.05, 3.63) is 29.8 Å². The topological polar surface area (TPSA) is 66.6 Å². The van der Waals surface area contributed by atoms with Crippen LogP contribution in [0.1, 0.15) is 12.5 Å². The van der Waals surface area contributed by atoms with Gasteiger partial charge in [0.1, 0.15) is 0 Å². The minimum atomic E-state index is -0.703. The predicted molar refractivity (Wildman–Crippen MR) is 61.8 cm³/mol. The highest BCUT2D eigenvalue weighted by atomic mass is 16.3. The Hall–Kier alpha value is -1.55. The van der Waals surface area contributed by atoms with E-state index < -0.39 is 5.60 Å². The molecule has 0 saturated carbocycles. The van der Waals surface area contributed by atoms with Gasteiger partial charge in [-0.05, 0) is 24.6 Å². The van der Waals surface area contributed by atoms with Gasteiger partial charge in [0.25, 0.3) is 0 Å². The molecule has 0 aromatic heterocycles. The normalized spacial score (nSPS) is 18.0. The van der Waals surface area contributed by atoms with Crippen molar-refractivity contribution in [2.75, 3.05) is 18.8 Å². The Morgan fingerprint density at radius 1 is 1.56 bits per heavy atom. The van der Waals surface area contributed by atoms with E-state index in [1.807, 2.05) is 12.1 Å². The highest BCUT2D eigenvalue weighted by Gasteiger charge is 2.38. The van der Waals surface area contributed by atoms with Crippen molar-refractivity contribution in [3.63, 3.8) is 0 Å². The van der Waals surface area contributed by atoms with Crippen LogP contribution in [0.3, 0.4) is 0 Å². The summed E-state index contributed by atoms with van der Waals surface area (Å²) >= 11 is 0. The lowest BCUT2D eigenvalue weighted by atomic mass is 9.96. The van der Waals surface area contributed by atoms with Gasteiger partial charge in [-0.15, -0.1) is 0 Å². The Labute approximate surface area is 94.7 Å². The molecule has 0 bridgehead atoms. The second kappa shape index (κ2) is 3.79. The molecule has 0 unspecified atom stereocenters. The van der Waals surface area contributed by atoms with Crippen LogP contribution in [-0.2, 0) is 11.2 Å². The molecule has 0 radical (unpaired) electrons. The maximum Gasteiger partial charge on any atom is 0.227 e. The lowest BCUT2D eigenvalue weighted by molar-refractivity contribution is -0.151. The number of carbonyl (C=O) groups excluding carboxylic acids is 1. The van der Waals surface area contributed by atoms with Gasteiger partial charge in [-0.1, -0.05) is 12.1 Å². The first kappa shape index (κ1) is 11.0. The lowest BCUT2D eigenvalue weighted by Crippen LogP contribution is -2.62. The Morgan fingerprint density at radius 2 is 2.25 bits per heavy atom. The van der Waals surface area contributed by atoms with Gasteiger partial charge in [-0.25, -0.2) is 0 Å². The molecule has 0 aliphatic carbocycles. The molecular weight excluding hydrogens is 204 g/mol. The number of likely N-dealkylation sites (tertiary alicyclic amines) is 1. The first-order chi connectivity index (χ1) is 7.46. The van der Waals surface area contributed by atoms with Gasteiger partial charge in [0, 0.05) is 5.69 Å². The van der Waals surface area contributed by atoms with Crippen molar-refractivity contribution in [3.8, 4) is 0 Å². The fourth-order valence-electron chi connectivity index (χ4n) is 1.94. The summed E-state index contributed by atoms with van der Waals surface area (Å²) in [7, 11) is 0. The first-order valence-corrected chi connectivity index (χ1v) is 5.31. The van der Waals surface area contributed by atoms with Crippen LogP contribution < -0.4 is 5.73 Å². The van der Waals surface area contributed by atoms with Crippen molar-refractivity contribution in [2.45, 2.75) is 18.9 Å². The number of aliphatic hydroxyl groups is 1. The largest absolute Gasteiger partial charge is 0.399 e. The molecule has 4 heteroatoms. The monoisotopic (exact) mass is 220 g/mol. The van der Waals surface area contributed by atoms with E-state index in [2.05, 4.69) is 0 Å². The van der Waals surface area contributed by atoms with Gasteiger partial charge in [-0.2, -0.15) is 0 Å². The van der Waals surface area contributed by atoms with Crippen LogP contribution in [0.25, 0.3) is 0 Å². The second-order valence-corrected chi connectivity index (χ2v) is 4.67. The van der Waals surface area contributed by atoms with E-state index in [1.165, 1.54) is 0 Å². The van der Waals surface area contributed by atoms with Crippen LogP contribution in [0.5, 0.6) is 0 Å². The minimum Gasteiger partial charge on any atom is -0.399 e. The number of hydrogen-bond donors (Lipinski definition) is 2. The summed E-state index contributed by atoms with van der Waals surface area (Å²) < 4.78 is 0. The highest BCUT2D eigenvalue weighted by molar-refractivity contribution is 5.80. The van der Waals surface area contributed by atoms with Gasteiger partial charge >= 0.3 is 0 Å². The molecule has 4 nitrogen and oxygen atoms in total. The zero-order valence-electron chi connectivity index (χ0n) is 9.31. The Morgan fingerprint density at radius 3 is 2.81 bits per heavy atom. The van der Waals surface area contributed by atoms with Crippen LogP contribution in [0.2, 0.25) is 0 Å². The number of benzene rings is 1. The number of nitrogen functional groups attached to an aromatic ring is 1. The van der Waals surface area contributed by atoms with E-state index >= 15 is 0 Å². The second-order valence-electron chi connectivity index (χ2n) is 4.67. The Balaban J connectivity index is 1.94. The van der Waals surface area contributed by atoms with Gasteiger partial charge in [0.15, 0.2) is 0 Å². The van der Waals surface area contributed by atoms with Gasteiger partial charge in [0.05, 0.1) is 25.1 Å². The van der Waals surface area contributed by atoms with Crippen molar-refractivity contribution in [1.82, 2.24) is 4.90 Å². The summed E-state index contributed by atoms with van der Waals surface area (Å²) in [6.45, 7) is 2.58. The van der Waals surface area contributed by atoms with Crippen LogP contribution in [0.15, 0.2) is 24.3 Å². The molecule has 3 N–H and O–H groups in total. The average Bonchev–Trinajstić information content (AvgIpc) is 2.13. The summed E-state index contributed by atoms with van der Waals surface area (Å²) in [6, 6.07) is 7.31. The molecular formula is C12H16N2O2. The van der Waals surface area contributed by atoms with Crippen molar-refractivity contribution >= 4 is 11.6 Å². The fourth-order valence-corrected chi connectivity index (χ4v) is 1.94. The van der Waals surface area contributed by atoms with Gasteiger partial charge in [-0.3, -0.25) is 4.79 Å². The first-order valence-electron chi connectivity index (χ1n) is 5.31. The quantitative estimate of drug-likeness (QED) is 0.709. The van der Waals surface area contributed by atoms with E-state index in [-0.39, 0.29) is 5.91 Å². The number of rotatable bonds is 2. The number of carbonyl (C=O) groups is 1. The third kappa shape index (κ3) is 2.33. The van der Waals surface area contributed by atoms with Crippen LogP contribution in [0.4, 0.5) is 5.69 Å². The van der Waals surface area contributed by atoms with Crippen molar-refractivity contribution < 1.29 is 9.90 Å². The van der Waals surface area contributed by atoms with E-state index in [0.717, 1.165) is 5.56 Å². The molecule has 1 aromatic rings. The van der Waals surface area contributed by atoms with Gasteiger partial charge in [0.2, 0.25) is 5.91 Å². The molecule has 1 aliphatic rings. The maximum atomic E-state index is 11.8. The van der Waals surface area contributed by atoms with Gasteiger partial charge < -0.3 is 15.7 Å². The maximum absolute atomic E-state index is 11.8. The zero-order valence-corrected chi connectivity index (χ0v) is 9.31. The third-order valence-corrected chi connectivity index (χ3v) is 2.72. The molecule has 0 spiro atoms. The van der Waals surface area contributed by atoms with E-state index in [1.54, 1.807) is 24.0 Å². The number of hydrogen-bond acceptors (Lipinski definition) is 3. The molecule has 1 aromatic carbocycles. The van der Waals surface area contributed by atoms with Crippen LogP contribution in [0, 0.1) is 0 Å². The fraction of sp³-hybridized carbons (Fsp3) is 0.417. The van der Waals surface area contributed by atoms with Crippen LogP contribution in [-0.4, -0.2) is 34.6 Å². The summed E-state index contributed by atoms with van der Waals surface area (Å²) in [4.78, 5) is 13.4. The zero-order chi connectivity index (χ0) is 11.8. The smallest absolute Gasteiger partial charge is 0.227 e. The molecule has 2 rings (SSSR count). The Bertz CT molecular complexity index is 407.